The molecule has 3 aromatic rings. The minimum atomic E-state index is -0.300. The standard InChI is InChI=1S/C33H39N5O4.3ClH/c1-33(2)14-4-18-38(21-33)25-10-11-29(39)26(19-25)30(40)22-6-8-23(9-7-22)31(41)36-27-5-3-15-35-20-28(27)37-32(42)24-12-16-34-17-13-24;;;/h6-13,16-17,19,27-28,35,39H,3-5,14-15,18,20-21H2,1-2H3,(H,36,41)(H,37,42);3*1H/t27-,28-;;;/m1.../s1. The Hall–Kier alpha value is -3.37. The summed E-state index contributed by atoms with van der Waals surface area (Å²) in [5.41, 5.74) is 2.66. The number of carbonyl (C=O) groups excluding carboxylic acids is 3. The number of rotatable bonds is 7. The van der Waals surface area contributed by atoms with Gasteiger partial charge in [-0.15, -0.1) is 37.2 Å². The monoisotopic (exact) mass is 677 g/mol. The highest BCUT2D eigenvalue weighted by atomic mass is 35.5. The highest BCUT2D eigenvalue weighted by Crippen LogP contribution is 2.34. The molecule has 45 heavy (non-hydrogen) atoms. The van der Waals surface area contributed by atoms with Crippen molar-refractivity contribution in [2.75, 3.05) is 31.1 Å². The summed E-state index contributed by atoms with van der Waals surface area (Å²) >= 11 is 0. The summed E-state index contributed by atoms with van der Waals surface area (Å²) in [5, 5.41) is 20.0. The molecule has 12 heteroatoms. The molecule has 244 valence electrons. The van der Waals surface area contributed by atoms with E-state index in [1.165, 1.54) is 0 Å². The molecular formula is C33H42Cl3N5O4. The maximum Gasteiger partial charge on any atom is 0.251 e. The van der Waals surface area contributed by atoms with Crippen LogP contribution in [0.25, 0.3) is 0 Å². The number of aromatic nitrogens is 1. The quantitative estimate of drug-likeness (QED) is 0.254. The van der Waals surface area contributed by atoms with E-state index < -0.39 is 0 Å². The summed E-state index contributed by atoms with van der Waals surface area (Å²) in [6.07, 6.45) is 6.95. The number of hydrogen-bond acceptors (Lipinski definition) is 7. The van der Waals surface area contributed by atoms with Crippen LogP contribution in [0.4, 0.5) is 5.69 Å². The maximum absolute atomic E-state index is 13.4. The van der Waals surface area contributed by atoms with Crippen molar-refractivity contribution in [1.82, 2.24) is 20.9 Å². The molecule has 0 spiro atoms. The molecule has 0 aliphatic carbocycles. The molecule has 9 nitrogen and oxygen atoms in total. The SMILES string of the molecule is CC1(C)CCCN(c2ccc(O)c(C(=O)c3ccc(C(=O)N[C@@H]4CCCNC[C@H]4NC(=O)c4ccncc4)cc3)c2)C1.Cl.Cl.Cl. The Balaban J connectivity index is 0.00000235. The number of anilines is 1. The zero-order chi connectivity index (χ0) is 29.7. The van der Waals surface area contributed by atoms with Crippen molar-refractivity contribution < 1.29 is 19.5 Å². The van der Waals surface area contributed by atoms with Gasteiger partial charge >= 0.3 is 0 Å². The number of nitrogens with one attached hydrogen (secondary N) is 3. The van der Waals surface area contributed by atoms with Crippen LogP contribution in [0.2, 0.25) is 0 Å². The molecule has 2 saturated heterocycles. The van der Waals surface area contributed by atoms with Crippen molar-refractivity contribution in [3.63, 3.8) is 0 Å². The average Bonchev–Trinajstić information content (AvgIpc) is 3.21. The first kappa shape index (κ1) is 37.8. The number of amides is 2. The first-order valence-corrected chi connectivity index (χ1v) is 14.7. The van der Waals surface area contributed by atoms with Crippen LogP contribution in [0.3, 0.4) is 0 Å². The molecule has 5 rings (SSSR count). The van der Waals surface area contributed by atoms with E-state index in [4.69, 9.17) is 0 Å². The second kappa shape index (κ2) is 16.8. The third kappa shape index (κ3) is 9.56. The van der Waals surface area contributed by atoms with Crippen molar-refractivity contribution in [1.29, 1.82) is 0 Å². The second-order valence-corrected chi connectivity index (χ2v) is 12.0. The third-order valence-corrected chi connectivity index (χ3v) is 8.19. The van der Waals surface area contributed by atoms with Gasteiger partial charge in [0.15, 0.2) is 5.78 Å². The highest BCUT2D eigenvalue weighted by Gasteiger charge is 2.29. The number of benzene rings is 2. The molecule has 4 N–H and O–H groups in total. The smallest absolute Gasteiger partial charge is 0.251 e. The van der Waals surface area contributed by atoms with Gasteiger partial charge in [-0.1, -0.05) is 26.0 Å². The lowest BCUT2D eigenvalue weighted by Crippen LogP contribution is -2.54. The van der Waals surface area contributed by atoms with Gasteiger partial charge < -0.3 is 26.0 Å². The van der Waals surface area contributed by atoms with Gasteiger partial charge in [0.25, 0.3) is 11.8 Å². The van der Waals surface area contributed by atoms with Crippen LogP contribution >= 0.6 is 37.2 Å². The van der Waals surface area contributed by atoms with E-state index in [0.717, 1.165) is 44.6 Å². The van der Waals surface area contributed by atoms with Gasteiger partial charge in [-0.2, -0.15) is 0 Å². The Morgan fingerprint density at radius 1 is 0.867 bits per heavy atom. The summed E-state index contributed by atoms with van der Waals surface area (Å²) in [6, 6.07) is 14.4. The van der Waals surface area contributed by atoms with Gasteiger partial charge in [-0.25, -0.2) is 0 Å². The maximum atomic E-state index is 13.4. The fraction of sp³-hybridized carbons (Fsp3) is 0.394. The summed E-state index contributed by atoms with van der Waals surface area (Å²) < 4.78 is 0. The van der Waals surface area contributed by atoms with Gasteiger partial charge in [0.05, 0.1) is 17.6 Å². The van der Waals surface area contributed by atoms with Crippen LogP contribution in [0.15, 0.2) is 67.0 Å². The third-order valence-electron chi connectivity index (χ3n) is 8.19. The van der Waals surface area contributed by atoms with E-state index in [9.17, 15) is 19.5 Å². The van der Waals surface area contributed by atoms with Crippen LogP contribution in [0, 0.1) is 5.41 Å². The summed E-state index contributed by atoms with van der Waals surface area (Å²) in [6.45, 7) is 7.63. The van der Waals surface area contributed by atoms with Crippen molar-refractivity contribution in [2.24, 2.45) is 5.41 Å². The van der Waals surface area contributed by atoms with E-state index in [2.05, 4.69) is 39.7 Å². The Kier molecular flexibility index (Phi) is 14.1. The molecule has 2 atom stereocenters. The number of carbonyl (C=O) groups is 3. The predicted octanol–water partition coefficient (Wildman–Crippen LogP) is 5.19. The van der Waals surface area contributed by atoms with Crippen molar-refractivity contribution in [3.8, 4) is 5.75 Å². The van der Waals surface area contributed by atoms with Gasteiger partial charge in [0.2, 0.25) is 0 Å². The number of nitrogens with zero attached hydrogens (tertiary/aromatic N) is 2. The summed E-state index contributed by atoms with van der Waals surface area (Å²) in [5.74, 6) is -0.860. The fourth-order valence-corrected chi connectivity index (χ4v) is 5.85. The molecule has 2 aliphatic rings. The Morgan fingerprint density at radius 3 is 2.16 bits per heavy atom. The van der Waals surface area contributed by atoms with Gasteiger partial charge in [0, 0.05) is 54.4 Å². The van der Waals surface area contributed by atoms with E-state index in [-0.39, 0.29) is 83.6 Å². The Morgan fingerprint density at radius 2 is 1.49 bits per heavy atom. The van der Waals surface area contributed by atoms with Gasteiger partial charge in [-0.3, -0.25) is 19.4 Å². The zero-order valence-corrected chi connectivity index (χ0v) is 27.9. The summed E-state index contributed by atoms with van der Waals surface area (Å²) in [4.78, 5) is 45.6. The van der Waals surface area contributed by atoms with Crippen LogP contribution in [-0.2, 0) is 0 Å². The molecule has 0 radical (unpaired) electrons. The molecule has 2 aromatic carbocycles. The van der Waals surface area contributed by atoms with Crippen molar-refractivity contribution in [2.45, 2.75) is 51.6 Å². The van der Waals surface area contributed by atoms with Crippen molar-refractivity contribution >= 4 is 60.5 Å². The molecule has 0 saturated carbocycles. The van der Waals surface area contributed by atoms with Crippen molar-refractivity contribution in [3.05, 3.63) is 89.2 Å². The average molecular weight is 679 g/mol. The number of ketones is 1. The molecular weight excluding hydrogens is 637 g/mol. The molecule has 1 aromatic heterocycles. The first-order chi connectivity index (χ1) is 20.2. The predicted molar refractivity (Wildman–Crippen MR) is 184 cm³/mol. The molecule has 2 fully saturated rings. The zero-order valence-electron chi connectivity index (χ0n) is 25.5. The van der Waals surface area contributed by atoms with Crippen LogP contribution < -0.4 is 20.9 Å². The molecule has 0 unspecified atom stereocenters. The van der Waals surface area contributed by atoms with E-state index in [1.54, 1.807) is 60.9 Å². The lowest BCUT2D eigenvalue weighted by Gasteiger charge is -2.39. The number of pyridine rings is 1. The van der Waals surface area contributed by atoms with Crippen LogP contribution in [-0.4, -0.2) is 66.0 Å². The number of phenolic OH excluding ortho intramolecular Hbond substituents is 1. The highest BCUT2D eigenvalue weighted by molar-refractivity contribution is 6.11. The van der Waals surface area contributed by atoms with Gasteiger partial charge in [-0.05, 0) is 80.1 Å². The Labute approximate surface area is 283 Å². The summed E-state index contributed by atoms with van der Waals surface area (Å²) in [7, 11) is 0. The van der Waals surface area contributed by atoms with Crippen LogP contribution in [0.5, 0.6) is 5.75 Å². The number of piperidine rings is 1. The minimum absolute atomic E-state index is 0. The number of hydrogen-bond donors (Lipinski definition) is 4. The Bertz CT molecular complexity index is 1440. The van der Waals surface area contributed by atoms with E-state index >= 15 is 0 Å². The molecule has 2 amide bonds. The second-order valence-electron chi connectivity index (χ2n) is 12.0. The topological polar surface area (TPSA) is 124 Å². The first-order valence-electron chi connectivity index (χ1n) is 14.7. The van der Waals surface area contributed by atoms with E-state index in [1.807, 2.05) is 6.07 Å². The normalized spacial score (nSPS) is 18.9. The molecule has 3 heterocycles. The molecule has 2 aliphatic heterocycles. The van der Waals surface area contributed by atoms with E-state index in [0.29, 0.717) is 29.7 Å². The van der Waals surface area contributed by atoms with Crippen LogP contribution in [0.1, 0.15) is 76.2 Å². The number of halogens is 3. The lowest BCUT2D eigenvalue weighted by atomic mass is 9.84. The molecule has 0 bridgehead atoms. The van der Waals surface area contributed by atoms with Gasteiger partial charge in [0.1, 0.15) is 5.75 Å². The largest absolute Gasteiger partial charge is 0.507 e. The number of phenols is 1. The lowest BCUT2D eigenvalue weighted by molar-refractivity contribution is 0.0882. The minimum Gasteiger partial charge on any atom is -0.507 e. The number of aromatic hydroxyl groups is 1. The fourth-order valence-electron chi connectivity index (χ4n) is 5.85.